The summed E-state index contributed by atoms with van der Waals surface area (Å²) in [5, 5.41) is 0.903. The summed E-state index contributed by atoms with van der Waals surface area (Å²) in [7, 11) is 3.36. The second kappa shape index (κ2) is 12.4. The number of thiophene rings is 2. The van der Waals surface area contributed by atoms with Crippen molar-refractivity contribution < 1.29 is 14.3 Å². The maximum Gasteiger partial charge on any atom is 0.173 e. The number of carbonyl (C=O) groups excluding carboxylic acids is 1. The van der Waals surface area contributed by atoms with Crippen LogP contribution in [0.25, 0.3) is 24.3 Å². The molecule has 0 N–H and O–H groups in total. The molecule has 2 aromatic heterocycles. The fourth-order valence-electron chi connectivity index (χ4n) is 4.06. The van der Waals surface area contributed by atoms with Crippen LogP contribution in [-0.2, 0) is 0 Å². The maximum atomic E-state index is 11.0. The van der Waals surface area contributed by atoms with Gasteiger partial charge in [0.05, 0.1) is 19.1 Å². The van der Waals surface area contributed by atoms with E-state index in [4.69, 9.17) is 9.47 Å². The highest BCUT2D eigenvalue weighted by molar-refractivity contribution is 7.15. The number of benzene rings is 3. The topological polar surface area (TPSA) is 38.8 Å². The predicted octanol–water partition coefficient (Wildman–Crippen LogP) is 9.45. The van der Waals surface area contributed by atoms with E-state index in [1.54, 1.807) is 25.6 Å². The van der Waals surface area contributed by atoms with Gasteiger partial charge in [0.1, 0.15) is 5.75 Å². The number of nitrogens with zero attached hydrogens (tertiary/aromatic N) is 1. The van der Waals surface area contributed by atoms with Crippen LogP contribution in [0.2, 0.25) is 0 Å². The molecule has 6 heteroatoms. The Labute approximate surface area is 236 Å². The van der Waals surface area contributed by atoms with Crippen molar-refractivity contribution in [1.82, 2.24) is 0 Å². The number of anilines is 3. The summed E-state index contributed by atoms with van der Waals surface area (Å²) in [4.78, 5) is 16.1. The van der Waals surface area contributed by atoms with Crippen LogP contribution in [-0.4, -0.2) is 20.5 Å². The van der Waals surface area contributed by atoms with Crippen molar-refractivity contribution in [3.63, 3.8) is 0 Å². The van der Waals surface area contributed by atoms with Gasteiger partial charge in [0.25, 0.3) is 0 Å². The molecule has 0 saturated carbocycles. The Morgan fingerprint density at radius 2 is 1.03 bits per heavy atom. The Bertz CT molecular complexity index is 1580. The van der Waals surface area contributed by atoms with Crippen molar-refractivity contribution in [3.8, 4) is 10.8 Å². The predicted molar refractivity (Wildman–Crippen MR) is 166 cm³/mol. The van der Waals surface area contributed by atoms with Crippen LogP contribution in [0.3, 0.4) is 0 Å². The average molecular weight is 550 g/mol. The van der Waals surface area contributed by atoms with Crippen molar-refractivity contribution in [3.05, 3.63) is 123 Å². The van der Waals surface area contributed by atoms with Gasteiger partial charge in [-0.25, -0.2) is 0 Å². The Morgan fingerprint density at radius 1 is 0.538 bits per heavy atom. The van der Waals surface area contributed by atoms with Gasteiger partial charge in [-0.1, -0.05) is 47.8 Å². The van der Waals surface area contributed by atoms with E-state index in [9.17, 15) is 4.79 Å². The number of carbonyl (C=O) groups is 1. The molecule has 0 radical (unpaired) electrons. The summed E-state index contributed by atoms with van der Waals surface area (Å²) in [6, 6.07) is 32.9. The Kier molecular flexibility index (Phi) is 8.36. The molecule has 0 aliphatic heterocycles. The van der Waals surface area contributed by atoms with Crippen molar-refractivity contribution in [2.75, 3.05) is 19.1 Å². The monoisotopic (exact) mass is 549 g/mol. The minimum atomic E-state index is 0.730. The summed E-state index contributed by atoms with van der Waals surface area (Å²) >= 11 is 3.10. The van der Waals surface area contributed by atoms with Crippen molar-refractivity contribution in [2.24, 2.45) is 0 Å². The number of ether oxygens (including phenoxy) is 2. The van der Waals surface area contributed by atoms with Gasteiger partial charge < -0.3 is 14.4 Å². The molecule has 5 rings (SSSR count). The average Bonchev–Trinajstić information content (AvgIpc) is 3.66. The number of aldehydes is 1. The molecule has 0 aliphatic carbocycles. The molecule has 0 spiro atoms. The zero-order chi connectivity index (χ0) is 27.0. The molecular weight excluding hydrogens is 523 g/mol. The molecule has 0 amide bonds. The second-order valence-corrected chi connectivity index (χ2v) is 10.8. The Hall–Kier alpha value is -4.39. The third kappa shape index (κ3) is 6.55. The van der Waals surface area contributed by atoms with E-state index in [0.29, 0.717) is 0 Å². The molecule has 0 unspecified atom stereocenters. The quantitative estimate of drug-likeness (QED) is 0.163. The van der Waals surface area contributed by atoms with Crippen LogP contribution in [0.1, 0.15) is 30.6 Å². The van der Waals surface area contributed by atoms with Crippen molar-refractivity contribution >= 4 is 70.3 Å². The van der Waals surface area contributed by atoms with Gasteiger partial charge in [-0.05, 0) is 96.1 Å². The molecule has 4 nitrogen and oxygen atoms in total. The van der Waals surface area contributed by atoms with Gasteiger partial charge in [0.2, 0.25) is 0 Å². The lowest BCUT2D eigenvalue weighted by atomic mass is 10.1. The normalized spacial score (nSPS) is 11.2. The highest BCUT2D eigenvalue weighted by atomic mass is 32.1. The minimum absolute atomic E-state index is 0.730. The van der Waals surface area contributed by atoms with Gasteiger partial charge in [0.15, 0.2) is 11.3 Å². The van der Waals surface area contributed by atoms with Crippen LogP contribution in [0.5, 0.6) is 10.8 Å². The molecule has 0 atom stereocenters. The number of hydrogen-bond acceptors (Lipinski definition) is 6. The van der Waals surface area contributed by atoms with Crippen LogP contribution in [0.15, 0.2) is 97.1 Å². The molecule has 0 aliphatic rings. The molecular formula is C33H27NO3S2. The van der Waals surface area contributed by atoms with Crippen molar-refractivity contribution in [1.29, 1.82) is 0 Å². The van der Waals surface area contributed by atoms with Crippen molar-refractivity contribution in [2.45, 2.75) is 0 Å². The molecule has 194 valence electrons. The van der Waals surface area contributed by atoms with E-state index >= 15 is 0 Å². The van der Waals surface area contributed by atoms with Gasteiger partial charge >= 0.3 is 0 Å². The third-order valence-corrected chi connectivity index (χ3v) is 8.07. The standard InChI is InChI=1S/C33H27NO3S2/c1-36-29-15-13-28(14-16-29)34(26-9-3-24(4-10-26)7-17-30-19-20-32(23-35)38-30)27-11-5-25(6-12-27)8-18-31-21-22-33(37-2)39-31/h3-23H,1-2H3/b17-7+,18-8+. The smallest absolute Gasteiger partial charge is 0.173 e. The zero-order valence-corrected chi connectivity index (χ0v) is 23.2. The number of hydrogen-bond donors (Lipinski definition) is 0. The van der Waals surface area contributed by atoms with Gasteiger partial charge in [-0.15, -0.1) is 11.3 Å². The summed E-state index contributed by atoms with van der Waals surface area (Å²) in [6.07, 6.45) is 9.19. The summed E-state index contributed by atoms with van der Waals surface area (Å²) in [6.45, 7) is 0. The van der Waals surface area contributed by atoms with E-state index < -0.39 is 0 Å². The van der Waals surface area contributed by atoms with E-state index in [1.807, 2.05) is 36.4 Å². The van der Waals surface area contributed by atoms with E-state index in [1.165, 1.54) is 11.3 Å². The molecule has 0 fully saturated rings. The summed E-state index contributed by atoms with van der Waals surface area (Å²) < 4.78 is 10.7. The van der Waals surface area contributed by atoms with Crippen LogP contribution in [0.4, 0.5) is 17.1 Å². The van der Waals surface area contributed by atoms with E-state index in [-0.39, 0.29) is 0 Å². The van der Waals surface area contributed by atoms with E-state index in [0.717, 1.165) is 59.9 Å². The molecule has 3 aromatic carbocycles. The SMILES string of the molecule is COc1ccc(N(c2ccc(/C=C/c3ccc(C=O)s3)cc2)c2ccc(/C=C/c3ccc(OC)s3)cc2)cc1. The lowest BCUT2D eigenvalue weighted by Gasteiger charge is -2.26. The Balaban J connectivity index is 1.40. The van der Waals surface area contributed by atoms with E-state index in [2.05, 4.69) is 89.9 Å². The summed E-state index contributed by atoms with van der Waals surface area (Å²) in [5.41, 5.74) is 5.34. The summed E-state index contributed by atoms with van der Waals surface area (Å²) in [5.74, 6) is 0.816. The first-order valence-corrected chi connectivity index (χ1v) is 14.0. The van der Waals surface area contributed by atoms with Crippen LogP contribution >= 0.6 is 22.7 Å². The number of rotatable bonds is 10. The highest BCUT2D eigenvalue weighted by Crippen LogP contribution is 2.36. The highest BCUT2D eigenvalue weighted by Gasteiger charge is 2.12. The molecule has 39 heavy (non-hydrogen) atoms. The fourth-order valence-corrected chi connectivity index (χ4v) is 5.51. The van der Waals surface area contributed by atoms with Gasteiger partial charge in [-0.3, -0.25) is 4.79 Å². The minimum Gasteiger partial charge on any atom is -0.497 e. The first-order valence-electron chi connectivity index (χ1n) is 12.3. The third-order valence-electron chi connectivity index (χ3n) is 6.08. The lowest BCUT2D eigenvalue weighted by Crippen LogP contribution is -2.09. The van der Waals surface area contributed by atoms with Gasteiger partial charge in [0, 0.05) is 26.8 Å². The second-order valence-electron chi connectivity index (χ2n) is 8.60. The fraction of sp³-hybridized carbons (Fsp3) is 0.0606. The molecule has 2 heterocycles. The van der Waals surface area contributed by atoms with Gasteiger partial charge in [-0.2, -0.15) is 0 Å². The first-order chi connectivity index (χ1) is 19.1. The zero-order valence-electron chi connectivity index (χ0n) is 21.6. The van der Waals surface area contributed by atoms with Crippen LogP contribution in [0, 0.1) is 0 Å². The van der Waals surface area contributed by atoms with Crippen LogP contribution < -0.4 is 14.4 Å². The Morgan fingerprint density at radius 3 is 1.49 bits per heavy atom. The number of methoxy groups -OCH3 is 2. The first kappa shape index (κ1) is 26.2. The molecule has 5 aromatic rings. The molecule has 0 bridgehead atoms. The largest absolute Gasteiger partial charge is 0.497 e. The lowest BCUT2D eigenvalue weighted by molar-refractivity contribution is 0.112. The molecule has 0 saturated heterocycles. The maximum absolute atomic E-state index is 11.0.